The number of phenolic OH excluding ortho intramolecular Hbond substituents is 1. The number of rotatable bonds is 2. The topological polar surface area (TPSA) is 37.0 Å². The summed E-state index contributed by atoms with van der Waals surface area (Å²) < 4.78 is 2.00. The van der Waals surface area contributed by atoms with Gasteiger partial charge in [0.25, 0.3) is 0 Å². The van der Waals surface area contributed by atoms with E-state index in [1.807, 2.05) is 29.1 Å². The first kappa shape index (κ1) is 8.69. The maximum atomic E-state index is 9.27. The molecule has 0 spiro atoms. The molecule has 2 rings (SSSR count). The van der Waals surface area contributed by atoms with Gasteiger partial charge in [0.2, 0.25) is 0 Å². The second kappa shape index (κ2) is 3.87. The molecule has 0 radical (unpaired) electrons. The fourth-order valence-electron chi connectivity index (χ4n) is 1.32. The van der Waals surface area contributed by atoms with Crippen molar-refractivity contribution in [1.29, 1.82) is 0 Å². The monoisotopic (exact) mass is 187 g/mol. The molecule has 1 heterocycles. The summed E-state index contributed by atoms with van der Waals surface area (Å²) in [5, 5.41) is 9.27. The van der Waals surface area contributed by atoms with E-state index in [9.17, 15) is 5.11 Å². The summed E-state index contributed by atoms with van der Waals surface area (Å²) in [5.41, 5.74) is 1.07. The zero-order valence-corrected chi connectivity index (χ0v) is 7.67. The number of aromatic nitrogens is 2. The van der Waals surface area contributed by atoms with Crippen LogP contribution in [0, 0.1) is 0 Å². The van der Waals surface area contributed by atoms with Crippen LogP contribution < -0.4 is 4.57 Å². The molecule has 3 heteroatoms. The number of hydrogen-bond acceptors (Lipinski definition) is 2. The lowest BCUT2D eigenvalue weighted by molar-refractivity contribution is -0.688. The first-order chi connectivity index (χ1) is 6.84. The second-order valence-electron chi connectivity index (χ2n) is 3.09. The van der Waals surface area contributed by atoms with Crippen molar-refractivity contribution in [3.63, 3.8) is 0 Å². The van der Waals surface area contributed by atoms with Crippen molar-refractivity contribution in [3.05, 3.63) is 54.6 Å². The van der Waals surface area contributed by atoms with E-state index in [-0.39, 0.29) is 0 Å². The first-order valence-electron chi connectivity index (χ1n) is 4.41. The largest absolute Gasteiger partial charge is 0.508 e. The summed E-state index contributed by atoms with van der Waals surface area (Å²) in [4.78, 5) is 3.93. The minimum Gasteiger partial charge on any atom is -0.508 e. The van der Waals surface area contributed by atoms with Crippen molar-refractivity contribution in [2.45, 2.75) is 6.54 Å². The van der Waals surface area contributed by atoms with Gasteiger partial charge in [-0.25, -0.2) is 0 Å². The zero-order chi connectivity index (χ0) is 9.80. The van der Waals surface area contributed by atoms with Crippen LogP contribution in [0.1, 0.15) is 5.56 Å². The molecule has 0 aliphatic rings. The number of nitrogens with zero attached hydrogens (tertiary/aromatic N) is 2. The van der Waals surface area contributed by atoms with Crippen LogP contribution in [0.3, 0.4) is 0 Å². The molecule has 0 saturated heterocycles. The Balaban J connectivity index is 2.19. The van der Waals surface area contributed by atoms with Gasteiger partial charge in [-0.3, -0.25) is 4.98 Å². The summed E-state index contributed by atoms with van der Waals surface area (Å²) in [6, 6.07) is 7.24. The molecule has 0 bridgehead atoms. The van der Waals surface area contributed by atoms with Gasteiger partial charge in [0.1, 0.15) is 5.75 Å². The molecule has 1 aromatic heterocycles. The van der Waals surface area contributed by atoms with Gasteiger partial charge in [0.05, 0.1) is 12.4 Å². The first-order valence-corrected chi connectivity index (χ1v) is 4.41. The lowest BCUT2D eigenvalue weighted by Gasteiger charge is -1.97. The standard InChI is InChI=1S/C11H10N2O/c14-11-3-1-2-10(8-11)9-13-6-4-12-5-7-13/h1-8H,9H2/p+1. The highest BCUT2D eigenvalue weighted by atomic mass is 16.3. The van der Waals surface area contributed by atoms with Gasteiger partial charge in [-0.15, -0.1) is 0 Å². The molecule has 70 valence electrons. The fourth-order valence-corrected chi connectivity index (χ4v) is 1.32. The Labute approximate surface area is 82.3 Å². The lowest BCUT2D eigenvalue weighted by atomic mass is 10.2. The Bertz CT molecular complexity index is 415. The number of benzene rings is 1. The number of aromatic hydroxyl groups is 1. The van der Waals surface area contributed by atoms with Gasteiger partial charge in [-0.2, -0.15) is 4.57 Å². The quantitative estimate of drug-likeness (QED) is 0.715. The third-order valence-corrected chi connectivity index (χ3v) is 1.96. The van der Waals surface area contributed by atoms with Crippen molar-refractivity contribution in [3.8, 4) is 5.75 Å². The van der Waals surface area contributed by atoms with Crippen LogP contribution in [0.4, 0.5) is 0 Å². The van der Waals surface area contributed by atoms with E-state index in [0.29, 0.717) is 5.75 Å². The average Bonchev–Trinajstić information content (AvgIpc) is 2.19. The van der Waals surface area contributed by atoms with Crippen LogP contribution in [-0.2, 0) is 6.54 Å². The van der Waals surface area contributed by atoms with Crippen molar-refractivity contribution in [2.24, 2.45) is 0 Å². The van der Waals surface area contributed by atoms with E-state index < -0.39 is 0 Å². The fraction of sp³-hybridized carbons (Fsp3) is 0.0909. The summed E-state index contributed by atoms with van der Waals surface area (Å²) in [5.74, 6) is 0.303. The molecular formula is C11H11N2O+. The van der Waals surface area contributed by atoms with Gasteiger partial charge in [-0.1, -0.05) is 12.1 Å². The highest BCUT2D eigenvalue weighted by Gasteiger charge is 2.01. The Hall–Kier alpha value is -1.90. The van der Waals surface area contributed by atoms with Gasteiger partial charge in [0.15, 0.2) is 18.9 Å². The predicted octanol–water partition coefficient (Wildman–Crippen LogP) is 1.12. The Kier molecular flexibility index (Phi) is 2.40. The van der Waals surface area contributed by atoms with Gasteiger partial charge in [0, 0.05) is 5.56 Å². The Morgan fingerprint density at radius 3 is 2.71 bits per heavy atom. The molecule has 0 unspecified atom stereocenters. The Morgan fingerprint density at radius 2 is 2.00 bits per heavy atom. The third kappa shape index (κ3) is 2.07. The highest BCUT2D eigenvalue weighted by molar-refractivity contribution is 5.26. The summed E-state index contributed by atoms with van der Waals surface area (Å²) in [7, 11) is 0. The van der Waals surface area contributed by atoms with Crippen LogP contribution in [0.25, 0.3) is 0 Å². The zero-order valence-electron chi connectivity index (χ0n) is 7.67. The molecule has 0 saturated carbocycles. The van der Waals surface area contributed by atoms with Crippen LogP contribution >= 0.6 is 0 Å². The van der Waals surface area contributed by atoms with Gasteiger partial charge >= 0.3 is 0 Å². The van der Waals surface area contributed by atoms with Gasteiger partial charge in [-0.05, 0) is 12.1 Å². The minimum atomic E-state index is 0.303. The number of phenols is 1. The molecule has 0 aliphatic heterocycles. The predicted molar refractivity (Wildman–Crippen MR) is 51.6 cm³/mol. The summed E-state index contributed by atoms with van der Waals surface area (Å²) >= 11 is 0. The Morgan fingerprint density at radius 1 is 1.21 bits per heavy atom. The third-order valence-electron chi connectivity index (χ3n) is 1.96. The summed E-state index contributed by atoms with van der Waals surface area (Å²) in [6.07, 6.45) is 7.26. The number of hydrogen-bond donors (Lipinski definition) is 1. The minimum absolute atomic E-state index is 0.303. The van der Waals surface area contributed by atoms with E-state index in [2.05, 4.69) is 4.98 Å². The van der Waals surface area contributed by atoms with Crippen molar-refractivity contribution >= 4 is 0 Å². The van der Waals surface area contributed by atoms with E-state index in [1.165, 1.54) is 0 Å². The van der Waals surface area contributed by atoms with Gasteiger partial charge < -0.3 is 5.11 Å². The molecule has 0 aliphatic carbocycles. The second-order valence-corrected chi connectivity index (χ2v) is 3.09. The SMILES string of the molecule is Oc1cccc(C[n+]2ccncc2)c1. The molecule has 0 fully saturated rings. The van der Waals surface area contributed by atoms with Crippen molar-refractivity contribution in [1.82, 2.24) is 4.98 Å². The van der Waals surface area contributed by atoms with Crippen LogP contribution in [0.2, 0.25) is 0 Å². The maximum Gasteiger partial charge on any atom is 0.187 e. The van der Waals surface area contributed by atoms with Crippen LogP contribution in [0.5, 0.6) is 5.75 Å². The molecule has 3 nitrogen and oxygen atoms in total. The van der Waals surface area contributed by atoms with E-state index in [0.717, 1.165) is 12.1 Å². The molecule has 2 aromatic rings. The molecule has 0 atom stereocenters. The van der Waals surface area contributed by atoms with Crippen molar-refractivity contribution < 1.29 is 9.67 Å². The van der Waals surface area contributed by atoms with Crippen molar-refractivity contribution in [2.75, 3.05) is 0 Å². The van der Waals surface area contributed by atoms with Crippen LogP contribution in [0.15, 0.2) is 49.1 Å². The van der Waals surface area contributed by atoms with E-state index in [1.54, 1.807) is 24.5 Å². The molecular weight excluding hydrogens is 176 g/mol. The smallest absolute Gasteiger partial charge is 0.187 e. The molecule has 14 heavy (non-hydrogen) atoms. The molecule has 1 N–H and O–H groups in total. The molecule has 0 amide bonds. The van der Waals surface area contributed by atoms with E-state index in [4.69, 9.17) is 0 Å². The average molecular weight is 187 g/mol. The normalized spacial score (nSPS) is 10.0. The molecule has 1 aromatic carbocycles. The maximum absolute atomic E-state index is 9.27. The highest BCUT2D eigenvalue weighted by Crippen LogP contribution is 2.09. The van der Waals surface area contributed by atoms with Crippen LogP contribution in [-0.4, -0.2) is 10.1 Å². The van der Waals surface area contributed by atoms with E-state index >= 15 is 0 Å². The summed E-state index contributed by atoms with van der Waals surface area (Å²) in [6.45, 7) is 0.747. The lowest BCUT2D eigenvalue weighted by Crippen LogP contribution is -2.33.